The van der Waals surface area contributed by atoms with Crippen LogP contribution >= 0.6 is 0 Å². The first-order valence-corrected chi connectivity index (χ1v) is 10.4. The number of ether oxygens (including phenoxy) is 2. The van der Waals surface area contributed by atoms with E-state index in [9.17, 15) is 4.79 Å². The molecule has 2 saturated heterocycles. The number of hydrogen-bond donors (Lipinski definition) is 3. The van der Waals surface area contributed by atoms with Gasteiger partial charge in [-0.1, -0.05) is 0 Å². The maximum absolute atomic E-state index is 11.6. The molecule has 0 aliphatic carbocycles. The topological polar surface area (TPSA) is 114 Å². The lowest BCUT2D eigenvalue weighted by Gasteiger charge is -2.22. The van der Waals surface area contributed by atoms with Gasteiger partial charge in [-0.3, -0.25) is 9.48 Å². The zero-order valence-corrected chi connectivity index (χ0v) is 17.4. The highest BCUT2D eigenvalue weighted by Gasteiger charge is 2.29. The highest BCUT2D eigenvalue weighted by Crippen LogP contribution is 2.29. The molecule has 4 rings (SSSR count). The molecule has 0 spiro atoms. The Hall–Kier alpha value is -2.94. The Morgan fingerprint density at radius 3 is 2.97 bits per heavy atom. The summed E-state index contributed by atoms with van der Waals surface area (Å²) in [5, 5.41) is 19.5. The van der Waals surface area contributed by atoms with Crippen molar-refractivity contribution in [1.82, 2.24) is 25.4 Å². The molecule has 0 radical (unpaired) electrons. The average molecular weight is 412 g/mol. The summed E-state index contributed by atoms with van der Waals surface area (Å²) in [7, 11) is 1.85. The Bertz CT molecular complexity index is 963. The number of aromatic nitrogens is 3. The summed E-state index contributed by atoms with van der Waals surface area (Å²) in [6.45, 7) is 4.06. The number of aryl methyl sites for hydroxylation is 1. The van der Waals surface area contributed by atoms with Crippen LogP contribution in [0, 0.1) is 11.3 Å². The van der Waals surface area contributed by atoms with Crippen molar-refractivity contribution in [2.75, 3.05) is 19.8 Å². The quantitative estimate of drug-likeness (QED) is 0.596. The van der Waals surface area contributed by atoms with Crippen LogP contribution in [-0.4, -0.2) is 58.8 Å². The van der Waals surface area contributed by atoms with Crippen molar-refractivity contribution < 1.29 is 14.3 Å². The summed E-state index contributed by atoms with van der Waals surface area (Å²) in [6, 6.07) is 2.20. The lowest BCUT2D eigenvalue weighted by Crippen LogP contribution is -2.31. The van der Waals surface area contributed by atoms with Crippen LogP contribution in [0.15, 0.2) is 18.5 Å². The standard InChI is InChI=1S/C21H28N6O3/c1-13(14-7-20(28)24-10-14)30-21-17-12-27(2)26-19(17)8-18(25-21)15(9-22)11-23-16-3-5-29-6-4-16/h8-9,11-14,16,22-23H,3-7,10H2,1-2H3,(H,24,28)/b15-11+,22-9?/t13-,14-/m1/s1. The van der Waals surface area contributed by atoms with E-state index < -0.39 is 0 Å². The van der Waals surface area contributed by atoms with Gasteiger partial charge in [-0.15, -0.1) is 0 Å². The second-order valence-corrected chi connectivity index (χ2v) is 7.94. The molecule has 1 amide bonds. The molecule has 0 aromatic carbocycles. The van der Waals surface area contributed by atoms with E-state index >= 15 is 0 Å². The molecule has 2 aromatic rings. The molecule has 2 aromatic heterocycles. The predicted octanol–water partition coefficient (Wildman–Crippen LogP) is 1.63. The molecule has 30 heavy (non-hydrogen) atoms. The first-order chi connectivity index (χ1) is 14.5. The van der Waals surface area contributed by atoms with Gasteiger partial charge in [0.05, 0.1) is 16.6 Å². The molecule has 0 unspecified atom stereocenters. The second kappa shape index (κ2) is 8.83. The zero-order chi connectivity index (χ0) is 21.1. The van der Waals surface area contributed by atoms with Gasteiger partial charge >= 0.3 is 0 Å². The number of pyridine rings is 1. The number of hydrogen-bond acceptors (Lipinski definition) is 7. The Kier molecular flexibility index (Phi) is 5.98. The number of carbonyl (C=O) groups is 1. The minimum absolute atomic E-state index is 0.0527. The van der Waals surface area contributed by atoms with Gasteiger partial charge in [0.1, 0.15) is 6.10 Å². The number of nitrogens with zero attached hydrogens (tertiary/aromatic N) is 3. The number of fused-ring (bicyclic) bond motifs is 1. The van der Waals surface area contributed by atoms with Gasteiger partial charge in [-0.2, -0.15) is 5.10 Å². The molecule has 0 bridgehead atoms. The van der Waals surface area contributed by atoms with E-state index in [4.69, 9.17) is 19.9 Å². The van der Waals surface area contributed by atoms with Crippen LogP contribution in [0.1, 0.15) is 31.9 Å². The molecule has 0 saturated carbocycles. The fourth-order valence-corrected chi connectivity index (χ4v) is 3.84. The number of amides is 1. The number of nitrogens with one attached hydrogen (secondary N) is 3. The van der Waals surface area contributed by atoms with Crippen molar-refractivity contribution in [3.8, 4) is 5.88 Å². The first-order valence-electron chi connectivity index (χ1n) is 10.4. The number of allylic oxidation sites excluding steroid dienone is 1. The van der Waals surface area contributed by atoms with E-state index in [1.807, 2.05) is 32.4 Å². The van der Waals surface area contributed by atoms with E-state index in [-0.39, 0.29) is 17.9 Å². The van der Waals surface area contributed by atoms with Crippen LogP contribution in [0.25, 0.3) is 16.5 Å². The third-order valence-corrected chi connectivity index (χ3v) is 5.70. The van der Waals surface area contributed by atoms with Crippen molar-refractivity contribution >= 4 is 28.6 Å². The SMILES string of the molecule is C[C@@H](Oc1nc(/C(C=N)=C/NC2CCOCC2)cc2nn(C)cc12)[C@H]1CNC(=O)C1. The fraction of sp³-hybridized carbons (Fsp3) is 0.524. The van der Waals surface area contributed by atoms with E-state index in [2.05, 4.69) is 15.7 Å². The maximum atomic E-state index is 11.6. The number of carbonyl (C=O) groups excluding carboxylic acids is 1. The molecule has 2 aliphatic rings. The maximum Gasteiger partial charge on any atom is 0.225 e. The fourth-order valence-electron chi connectivity index (χ4n) is 3.84. The Morgan fingerprint density at radius 1 is 1.47 bits per heavy atom. The molecule has 2 fully saturated rings. The molecule has 4 heterocycles. The first kappa shape index (κ1) is 20.3. The molecule has 9 heteroatoms. The van der Waals surface area contributed by atoms with Crippen LogP contribution < -0.4 is 15.4 Å². The lowest BCUT2D eigenvalue weighted by atomic mass is 10.0. The van der Waals surface area contributed by atoms with Crippen molar-refractivity contribution in [2.45, 2.75) is 38.3 Å². The molecule has 9 nitrogen and oxygen atoms in total. The molecule has 160 valence electrons. The summed E-state index contributed by atoms with van der Waals surface area (Å²) in [4.78, 5) is 16.3. The van der Waals surface area contributed by atoms with E-state index in [0.717, 1.165) is 37.0 Å². The zero-order valence-electron chi connectivity index (χ0n) is 17.4. The van der Waals surface area contributed by atoms with Crippen LogP contribution in [-0.2, 0) is 16.6 Å². The summed E-state index contributed by atoms with van der Waals surface area (Å²) >= 11 is 0. The highest BCUT2D eigenvalue weighted by molar-refractivity contribution is 6.08. The molecular weight excluding hydrogens is 384 g/mol. The van der Waals surface area contributed by atoms with Crippen LogP contribution in [0.5, 0.6) is 5.88 Å². The lowest BCUT2D eigenvalue weighted by molar-refractivity contribution is -0.119. The monoisotopic (exact) mass is 412 g/mol. The molecule has 2 aliphatic heterocycles. The van der Waals surface area contributed by atoms with Gasteiger partial charge in [-0.05, 0) is 25.8 Å². The van der Waals surface area contributed by atoms with Crippen molar-refractivity contribution in [2.24, 2.45) is 13.0 Å². The normalized spacial score (nSPS) is 21.5. The highest BCUT2D eigenvalue weighted by atomic mass is 16.5. The molecule has 2 atom stereocenters. The minimum Gasteiger partial charge on any atom is -0.474 e. The van der Waals surface area contributed by atoms with Crippen LogP contribution in [0.2, 0.25) is 0 Å². The van der Waals surface area contributed by atoms with Crippen LogP contribution in [0.4, 0.5) is 0 Å². The van der Waals surface area contributed by atoms with Crippen molar-refractivity contribution in [3.05, 3.63) is 24.2 Å². The Morgan fingerprint density at radius 2 is 2.27 bits per heavy atom. The van der Waals surface area contributed by atoms with Gasteiger partial charge in [-0.25, -0.2) is 4.98 Å². The number of rotatable bonds is 7. The minimum atomic E-state index is -0.178. The summed E-state index contributed by atoms with van der Waals surface area (Å²) in [5.41, 5.74) is 2.03. The van der Waals surface area contributed by atoms with Crippen molar-refractivity contribution in [3.63, 3.8) is 0 Å². The summed E-state index contributed by atoms with van der Waals surface area (Å²) in [5.74, 6) is 0.626. The van der Waals surface area contributed by atoms with Gasteiger partial charge < -0.3 is 25.5 Å². The van der Waals surface area contributed by atoms with Gasteiger partial charge in [0, 0.05) is 69.4 Å². The summed E-state index contributed by atoms with van der Waals surface area (Å²) < 4.78 is 13.3. The second-order valence-electron chi connectivity index (χ2n) is 7.94. The van der Waals surface area contributed by atoms with Gasteiger partial charge in [0.2, 0.25) is 11.8 Å². The van der Waals surface area contributed by atoms with Crippen molar-refractivity contribution in [1.29, 1.82) is 5.41 Å². The Labute approximate surface area is 175 Å². The summed E-state index contributed by atoms with van der Waals surface area (Å²) in [6.07, 6.45) is 7.16. The molecular formula is C21H28N6O3. The average Bonchev–Trinajstić information content (AvgIpc) is 3.34. The smallest absolute Gasteiger partial charge is 0.225 e. The van der Waals surface area contributed by atoms with Gasteiger partial charge in [0.25, 0.3) is 0 Å². The van der Waals surface area contributed by atoms with Crippen LogP contribution in [0.3, 0.4) is 0 Å². The third-order valence-electron chi connectivity index (χ3n) is 5.70. The molecule has 3 N–H and O–H groups in total. The Balaban J connectivity index is 1.61. The van der Waals surface area contributed by atoms with E-state index in [1.54, 1.807) is 4.68 Å². The largest absolute Gasteiger partial charge is 0.474 e. The third kappa shape index (κ3) is 4.46. The predicted molar refractivity (Wildman–Crippen MR) is 113 cm³/mol. The van der Waals surface area contributed by atoms with Gasteiger partial charge in [0.15, 0.2) is 0 Å². The van der Waals surface area contributed by atoms with E-state index in [0.29, 0.717) is 36.2 Å². The van der Waals surface area contributed by atoms with E-state index in [1.165, 1.54) is 6.21 Å².